The number of carbonyl (C=O) groups excluding carboxylic acids is 2. The molecule has 25 heavy (non-hydrogen) atoms. The summed E-state index contributed by atoms with van der Waals surface area (Å²) in [6.07, 6.45) is 0. The zero-order valence-corrected chi connectivity index (χ0v) is 15.2. The molecule has 0 spiro atoms. The molecule has 0 amide bonds. The lowest BCUT2D eigenvalue weighted by molar-refractivity contribution is -0.145. The van der Waals surface area contributed by atoms with E-state index < -0.39 is 17.9 Å². The van der Waals surface area contributed by atoms with E-state index in [1.54, 1.807) is 31.2 Å². The first-order valence-corrected chi connectivity index (χ1v) is 8.76. The predicted molar refractivity (Wildman–Crippen MR) is 98.6 cm³/mol. The summed E-state index contributed by atoms with van der Waals surface area (Å²) < 4.78 is 6.01. The highest BCUT2D eigenvalue weighted by molar-refractivity contribution is 9.10. The second-order valence-electron chi connectivity index (χ2n) is 5.58. The van der Waals surface area contributed by atoms with Crippen LogP contribution in [-0.4, -0.2) is 30.1 Å². The number of nitrogens with one attached hydrogen (secondary N) is 1. The summed E-state index contributed by atoms with van der Waals surface area (Å²) in [5.74, 6) is -1.14. The summed E-state index contributed by atoms with van der Waals surface area (Å²) in [6, 6.07) is 15.7. The number of benzene rings is 2. The van der Waals surface area contributed by atoms with Gasteiger partial charge in [0.05, 0.1) is 12.5 Å². The largest absolute Gasteiger partial charge is 0.464 e. The number of halogens is 1. The lowest BCUT2D eigenvalue weighted by atomic mass is 9.85. The van der Waals surface area contributed by atoms with Crippen LogP contribution in [-0.2, 0) is 9.53 Å². The molecule has 3 rings (SSSR count). The zero-order chi connectivity index (χ0) is 17.8. The standard InChI is InChI=1S/C19H17BrN2O3/c1-2-25-19(24)17-15(13-9-6-10-14(20)11-13)16(21-22-17)18(23)12-7-4-3-5-8-12/h3-11,15,17,22H,2H2,1H3. The van der Waals surface area contributed by atoms with Gasteiger partial charge in [0.15, 0.2) is 6.04 Å². The molecule has 0 bridgehead atoms. The van der Waals surface area contributed by atoms with Crippen molar-refractivity contribution in [2.24, 2.45) is 5.10 Å². The number of ketones is 1. The van der Waals surface area contributed by atoms with Gasteiger partial charge in [-0.1, -0.05) is 58.4 Å². The maximum Gasteiger partial charge on any atom is 0.331 e. The molecule has 1 aliphatic rings. The predicted octanol–water partition coefficient (Wildman–Crippen LogP) is 3.31. The van der Waals surface area contributed by atoms with Crippen molar-refractivity contribution in [2.45, 2.75) is 18.9 Å². The van der Waals surface area contributed by atoms with Crippen molar-refractivity contribution in [1.82, 2.24) is 5.43 Å². The van der Waals surface area contributed by atoms with E-state index in [2.05, 4.69) is 26.5 Å². The Bertz CT molecular complexity index is 820. The van der Waals surface area contributed by atoms with Crippen molar-refractivity contribution < 1.29 is 14.3 Å². The molecule has 1 aliphatic heterocycles. The first kappa shape index (κ1) is 17.4. The van der Waals surface area contributed by atoms with E-state index in [0.717, 1.165) is 10.0 Å². The SMILES string of the molecule is CCOC(=O)C1NN=C(C(=O)c2ccccc2)C1c1cccc(Br)c1. The van der Waals surface area contributed by atoms with E-state index in [4.69, 9.17) is 4.74 Å². The molecule has 5 nitrogen and oxygen atoms in total. The highest BCUT2D eigenvalue weighted by Gasteiger charge is 2.42. The Labute approximate surface area is 154 Å². The molecule has 0 fully saturated rings. The van der Waals surface area contributed by atoms with Crippen LogP contribution >= 0.6 is 15.9 Å². The van der Waals surface area contributed by atoms with Gasteiger partial charge in [-0.25, -0.2) is 4.79 Å². The minimum atomic E-state index is -0.725. The van der Waals surface area contributed by atoms with Gasteiger partial charge in [0.1, 0.15) is 5.71 Å². The molecule has 1 heterocycles. The van der Waals surface area contributed by atoms with Gasteiger partial charge in [0.2, 0.25) is 5.78 Å². The van der Waals surface area contributed by atoms with Crippen LogP contribution in [0.15, 0.2) is 64.2 Å². The summed E-state index contributed by atoms with van der Waals surface area (Å²) in [7, 11) is 0. The van der Waals surface area contributed by atoms with Gasteiger partial charge in [-0.2, -0.15) is 5.10 Å². The fraction of sp³-hybridized carbons (Fsp3) is 0.211. The van der Waals surface area contributed by atoms with Crippen molar-refractivity contribution in [1.29, 1.82) is 0 Å². The molecular formula is C19H17BrN2O3. The number of ether oxygens (including phenoxy) is 1. The molecule has 0 saturated heterocycles. The minimum absolute atomic E-state index is 0.204. The smallest absolute Gasteiger partial charge is 0.331 e. The molecule has 1 N–H and O–H groups in total. The van der Waals surface area contributed by atoms with Crippen LogP contribution in [0.5, 0.6) is 0 Å². The Morgan fingerprint density at radius 1 is 1.16 bits per heavy atom. The third-order valence-electron chi connectivity index (χ3n) is 3.97. The Hall–Kier alpha value is -2.47. The number of carbonyl (C=O) groups is 2. The topological polar surface area (TPSA) is 67.8 Å². The molecule has 6 heteroatoms. The van der Waals surface area contributed by atoms with E-state index in [1.807, 2.05) is 30.3 Å². The molecular weight excluding hydrogens is 384 g/mol. The van der Waals surface area contributed by atoms with Crippen LogP contribution in [0, 0.1) is 0 Å². The normalized spacial score (nSPS) is 19.0. The molecule has 2 aromatic carbocycles. The van der Waals surface area contributed by atoms with Gasteiger partial charge in [-0.05, 0) is 24.6 Å². The lowest BCUT2D eigenvalue weighted by Crippen LogP contribution is -2.38. The average Bonchev–Trinajstić information content (AvgIpc) is 3.07. The number of nitrogens with zero attached hydrogens (tertiary/aromatic N) is 1. The molecule has 0 aliphatic carbocycles. The number of hydrogen-bond donors (Lipinski definition) is 1. The van der Waals surface area contributed by atoms with Gasteiger partial charge in [-0.3, -0.25) is 10.2 Å². The fourth-order valence-corrected chi connectivity index (χ4v) is 3.26. The maximum atomic E-state index is 12.9. The first-order chi connectivity index (χ1) is 12.1. The van der Waals surface area contributed by atoms with Crippen LogP contribution in [0.2, 0.25) is 0 Å². The Morgan fingerprint density at radius 3 is 2.60 bits per heavy atom. The van der Waals surface area contributed by atoms with Crippen LogP contribution in [0.1, 0.15) is 28.8 Å². The molecule has 0 aromatic heterocycles. The zero-order valence-electron chi connectivity index (χ0n) is 13.6. The highest BCUT2D eigenvalue weighted by atomic mass is 79.9. The van der Waals surface area contributed by atoms with E-state index in [-0.39, 0.29) is 12.4 Å². The summed E-state index contributed by atoms with van der Waals surface area (Å²) in [5.41, 5.74) is 4.45. The van der Waals surface area contributed by atoms with E-state index in [1.165, 1.54) is 0 Å². The summed E-state index contributed by atoms with van der Waals surface area (Å²) >= 11 is 3.44. The second kappa shape index (κ2) is 7.61. The van der Waals surface area contributed by atoms with Crippen molar-refractivity contribution in [3.63, 3.8) is 0 Å². The van der Waals surface area contributed by atoms with Crippen molar-refractivity contribution >= 4 is 33.4 Å². The number of hydrogen-bond acceptors (Lipinski definition) is 5. The Balaban J connectivity index is 1.99. The average molecular weight is 401 g/mol. The highest BCUT2D eigenvalue weighted by Crippen LogP contribution is 2.30. The van der Waals surface area contributed by atoms with Crippen LogP contribution < -0.4 is 5.43 Å². The Morgan fingerprint density at radius 2 is 1.92 bits per heavy atom. The molecule has 2 unspecified atom stereocenters. The fourth-order valence-electron chi connectivity index (χ4n) is 2.84. The molecule has 128 valence electrons. The van der Waals surface area contributed by atoms with Gasteiger partial charge in [0, 0.05) is 10.0 Å². The number of Topliss-reactive ketones (excluding diaryl/α,β-unsaturated/α-hetero) is 1. The molecule has 2 aromatic rings. The summed E-state index contributed by atoms with van der Waals surface area (Å²) in [5, 5.41) is 4.19. The van der Waals surface area contributed by atoms with Crippen LogP contribution in [0.4, 0.5) is 0 Å². The summed E-state index contributed by atoms with van der Waals surface area (Å²) in [4.78, 5) is 25.2. The third-order valence-corrected chi connectivity index (χ3v) is 4.46. The van der Waals surface area contributed by atoms with E-state index in [9.17, 15) is 9.59 Å². The van der Waals surface area contributed by atoms with Crippen LogP contribution in [0.3, 0.4) is 0 Å². The van der Waals surface area contributed by atoms with Crippen molar-refractivity contribution in [3.05, 3.63) is 70.2 Å². The molecule has 0 saturated carbocycles. The summed E-state index contributed by atoms with van der Waals surface area (Å²) in [6.45, 7) is 2.02. The van der Waals surface area contributed by atoms with Crippen molar-refractivity contribution in [3.8, 4) is 0 Å². The third kappa shape index (κ3) is 3.64. The van der Waals surface area contributed by atoms with Gasteiger partial charge < -0.3 is 4.74 Å². The van der Waals surface area contributed by atoms with Crippen LogP contribution in [0.25, 0.3) is 0 Å². The van der Waals surface area contributed by atoms with Crippen molar-refractivity contribution in [2.75, 3.05) is 6.61 Å². The Kier molecular flexibility index (Phi) is 5.28. The number of rotatable bonds is 5. The van der Waals surface area contributed by atoms with E-state index in [0.29, 0.717) is 11.3 Å². The first-order valence-electron chi connectivity index (χ1n) is 7.96. The second-order valence-corrected chi connectivity index (χ2v) is 6.50. The van der Waals surface area contributed by atoms with E-state index >= 15 is 0 Å². The quantitative estimate of drug-likeness (QED) is 0.617. The minimum Gasteiger partial charge on any atom is -0.464 e. The monoisotopic (exact) mass is 400 g/mol. The molecule has 2 atom stereocenters. The number of esters is 1. The van der Waals surface area contributed by atoms with Gasteiger partial charge in [-0.15, -0.1) is 0 Å². The van der Waals surface area contributed by atoms with Gasteiger partial charge >= 0.3 is 5.97 Å². The number of hydrazone groups is 1. The lowest BCUT2D eigenvalue weighted by Gasteiger charge is -2.19. The maximum absolute atomic E-state index is 12.9. The molecule has 0 radical (unpaired) electrons. The van der Waals surface area contributed by atoms with Gasteiger partial charge in [0.25, 0.3) is 0 Å².